The number of fused-ring (bicyclic) bond motifs is 1. The van der Waals surface area contributed by atoms with Gasteiger partial charge < -0.3 is 4.90 Å². The van der Waals surface area contributed by atoms with Crippen LogP contribution in [0.25, 0.3) is 10.2 Å². The number of aromatic nitrogens is 1. The minimum atomic E-state index is -3.44. The number of amides is 1. The third-order valence-corrected chi connectivity index (χ3v) is 8.70. The summed E-state index contributed by atoms with van der Waals surface area (Å²) in [6.45, 7) is 1.13. The summed E-state index contributed by atoms with van der Waals surface area (Å²) in [4.78, 5) is 22.9. The molecule has 0 N–H and O–H groups in total. The van der Waals surface area contributed by atoms with Crippen LogP contribution in [0.3, 0.4) is 0 Å². The molecule has 1 aliphatic rings. The summed E-state index contributed by atoms with van der Waals surface area (Å²) in [6.07, 6.45) is 4.68. The van der Waals surface area contributed by atoms with E-state index in [1.54, 1.807) is 17.0 Å². The van der Waals surface area contributed by atoms with Crippen molar-refractivity contribution < 1.29 is 13.2 Å². The predicted molar refractivity (Wildman–Crippen MR) is 142 cm³/mol. The van der Waals surface area contributed by atoms with Crippen molar-refractivity contribution in [3.8, 4) is 0 Å². The molecule has 1 fully saturated rings. The van der Waals surface area contributed by atoms with Gasteiger partial charge in [-0.3, -0.25) is 9.69 Å². The van der Waals surface area contributed by atoms with Gasteiger partial charge in [0.2, 0.25) is 5.91 Å². The van der Waals surface area contributed by atoms with Crippen molar-refractivity contribution in [2.45, 2.75) is 36.0 Å². The first-order chi connectivity index (χ1) is 15.6. The molecule has 2 aromatic carbocycles. The van der Waals surface area contributed by atoms with Gasteiger partial charge in [0.25, 0.3) is 0 Å². The summed E-state index contributed by atoms with van der Waals surface area (Å²) in [5, 5.41) is 1.18. The van der Waals surface area contributed by atoms with Gasteiger partial charge in [0.05, 0.1) is 15.0 Å². The van der Waals surface area contributed by atoms with Crippen LogP contribution in [0, 0.1) is 0 Å². The maximum Gasteiger partial charge on any atom is 0.239 e. The van der Waals surface area contributed by atoms with E-state index in [4.69, 9.17) is 16.6 Å². The van der Waals surface area contributed by atoms with Gasteiger partial charge in [-0.2, -0.15) is 0 Å². The van der Waals surface area contributed by atoms with Crippen molar-refractivity contribution in [3.05, 3.63) is 53.1 Å². The number of hydrogen-bond acceptors (Lipinski definition) is 6. The number of thiazole rings is 1. The zero-order valence-corrected chi connectivity index (χ0v) is 22.7. The number of anilines is 1. The predicted octanol–water partition coefficient (Wildman–Crippen LogP) is 5.18. The Kier molecular flexibility index (Phi) is 8.30. The molecule has 0 unspecified atom stereocenters. The largest absolute Gasteiger partial charge is 0.308 e. The molecule has 0 radical (unpaired) electrons. The number of benzene rings is 2. The average molecular weight is 543 g/mol. The number of carbonyl (C=O) groups is 1. The molecular formula is C24H29Cl2N3O3S2. The quantitative estimate of drug-likeness (QED) is 0.412. The fourth-order valence-corrected chi connectivity index (χ4v) is 6.58. The second-order valence-electron chi connectivity index (χ2n) is 8.93. The average Bonchev–Trinajstić information content (AvgIpc) is 3.41. The number of carbonyl (C=O) groups excluding carboxylic acids is 1. The van der Waals surface area contributed by atoms with Crippen molar-refractivity contribution in [3.63, 3.8) is 0 Å². The highest BCUT2D eigenvalue weighted by atomic mass is 35.5. The number of halogens is 2. The van der Waals surface area contributed by atoms with E-state index in [0.717, 1.165) is 35.9 Å². The lowest BCUT2D eigenvalue weighted by molar-refractivity contribution is -0.124. The fourth-order valence-electron chi connectivity index (χ4n) is 4.54. The Bertz CT molecular complexity index is 1270. The van der Waals surface area contributed by atoms with Crippen molar-refractivity contribution in [1.29, 1.82) is 0 Å². The van der Waals surface area contributed by atoms with E-state index in [-0.39, 0.29) is 23.2 Å². The summed E-state index contributed by atoms with van der Waals surface area (Å²) in [7, 11) is 0.489. The number of para-hydroxylation sites is 1. The van der Waals surface area contributed by atoms with Crippen LogP contribution in [-0.2, 0) is 20.0 Å². The van der Waals surface area contributed by atoms with Gasteiger partial charge >= 0.3 is 0 Å². The first kappa shape index (κ1) is 26.9. The first-order valence-electron chi connectivity index (χ1n) is 10.9. The lowest BCUT2D eigenvalue weighted by Crippen LogP contribution is -2.48. The molecule has 0 atom stereocenters. The molecule has 184 valence electrons. The van der Waals surface area contributed by atoms with Gasteiger partial charge in [-0.05, 0) is 56.8 Å². The number of hydrogen-bond donors (Lipinski definition) is 0. The van der Waals surface area contributed by atoms with E-state index in [2.05, 4.69) is 0 Å². The van der Waals surface area contributed by atoms with E-state index in [0.29, 0.717) is 28.8 Å². The van der Waals surface area contributed by atoms with Crippen molar-refractivity contribution in [1.82, 2.24) is 9.88 Å². The number of nitrogens with zero attached hydrogens (tertiary/aromatic N) is 3. The maximum absolute atomic E-state index is 14.2. The Morgan fingerprint density at radius 1 is 1.09 bits per heavy atom. The molecular weight excluding hydrogens is 513 g/mol. The lowest BCUT2D eigenvalue weighted by Gasteiger charge is -2.34. The van der Waals surface area contributed by atoms with Gasteiger partial charge in [-0.15, -0.1) is 12.4 Å². The summed E-state index contributed by atoms with van der Waals surface area (Å²) in [5.74, 6) is 0.0177. The van der Waals surface area contributed by atoms with Crippen molar-refractivity contribution in [2.24, 2.45) is 0 Å². The highest BCUT2D eigenvalue weighted by Gasteiger charge is 2.45. The van der Waals surface area contributed by atoms with Crippen LogP contribution in [0.5, 0.6) is 0 Å². The highest BCUT2D eigenvalue weighted by molar-refractivity contribution is 7.91. The molecule has 1 aliphatic carbocycles. The fraction of sp³-hybridized carbons (Fsp3) is 0.417. The zero-order valence-electron chi connectivity index (χ0n) is 19.5. The van der Waals surface area contributed by atoms with Crippen LogP contribution < -0.4 is 4.90 Å². The van der Waals surface area contributed by atoms with E-state index in [9.17, 15) is 13.2 Å². The molecule has 4 rings (SSSR count). The smallest absolute Gasteiger partial charge is 0.239 e. The van der Waals surface area contributed by atoms with Crippen LogP contribution >= 0.6 is 35.3 Å². The molecule has 6 nitrogen and oxygen atoms in total. The lowest BCUT2D eigenvalue weighted by atomic mass is 9.77. The SMILES string of the molecule is CN(C)CCN(C(=O)C1(c2ccc(Cl)cc2)CCCC1)c1nc2c(S(C)(=O)=O)cccc2s1.Cl. The van der Waals surface area contributed by atoms with Crippen molar-refractivity contribution >= 4 is 66.4 Å². The van der Waals surface area contributed by atoms with Crippen LogP contribution in [0.2, 0.25) is 5.02 Å². The Balaban J connectivity index is 0.00000324. The normalized spacial score (nSPS) is 15.4. The summed E-state index contributed by atoms with van der Waals surface area (Å²) in [6, 6.07) is 12.7. The van der Waals surface area contributed by atoms with Crippen LogP contribution in [0.4, 0.5) is 5.13 Å². The molecule has 0 spiro atoms. The summed E-state index contributed by atoms with van der Waals surface area (Å²) in [5.41, 5.74) is 0.769. The second kappa shape index (κ2) is 10.5. The molecule has 0 aliphatic heterocycles. The van der Waals surface area contributed by atoms with Gasteiger partial charge in [0.1, 0.15) is 5.52 Å². The molecule has 3 aromatic rings. The highest BCUT2D eigenvalue weighted by Crippen LogP contribution is 2.44. The Labute approximate surface area is 216 Å². The Hall–Kier alpha value is -1.71. The van der Waals surface area contributed by atoms with Crippen LogP contribution in [0.1, 0.15) is 31.2 Å². The number of likely N-dealkylation sites (N-methyl/N-ethyl adjacent to an activating group) is 1. The first-order valence-corrected chi connectivity index (χ1v) is 14.0. The molecule has 1 saturated carbocycles. The van der Waals surface area contributed by atoms with Crippen LogP contribution in [0.15, 0.2) is 47.4 Å². The maximum atomic E-state index is 14.2. The van der Waals surface area contributed by atoms with E-state index in [1.807, 2.05) is 49.3 Å². The minimum Gasteiger partial charge on any atom is -0.308 e. The summed E-state index contributed by atoms with van der Waals surface area (Å²) < 4.78 is 25.4. The van der Waals surface area contributed by atoms with Crippen molar-refractivity contribution in [2.75, 3.05) is 38.3 Å². The molecule has 10 heteroatoms. The number of sulfone groups is 1. The molecule has 1 aromatic heterocycles. The van der Waals surface area contributed by atoms with Gasteiger partial charge in [0.15, 0.2) is 15.0 Å². The molecule has 0 bridgehead atoms. The van der Waals surface area contributed by atoms with Gasteiger partial charge in [-0.25, -0.2) is 13.4 Å². The second-order valence-corrected chi connectivity index (χ2v) is 12.4. The van der Waals surface area contributed by atoms with Gasteiger partial charge in [-0.1, -0.05) is 54.0 Å². The summed E-state index contributed by atoms with van der Waals surface area (Å²) >= 11 is 7.49. The van der Waals surface area contributed by atoms with E-state index < -0.39 is 15.3 Å². The van der Waals surface area contributed by atoms with E-state index >= 15 is 0 Å². The number of rotatable bonds is 7. The van der Waals surface area contributed by atoms with Gasteiger partial charge in [0, 0.05) is 24.4 Å². The van der Waals surface area contributed by atoms with Crippen LogP contribution in [-0.4, -0.2) is 57.6 Å². The minimum absolute atomic E-state index is 0. The third-order valence-electron chi connectivity index (χ3n) is 6.28. The molecule has 1 heterocycles. The Morgan fingerprint density at radius 2 is 1.74 bits per heavy atom. The third kappa shape index (κ3) is 5.26. The standard InChI is InChI=1S/C24H28ClN3O3S2.ClH/c1-27(2)15-16-28(23-26-21-19(32-23)7-6-8-20(21)33(3,30)31)22(29)24(13-4-5-14-24)17-9-11-18(25)12-10-17;/h6-12H,4-5,13-16H2,1-3H3;1H. The Morgan fingerprint density at radius 3 is 2.32 bits per heavy atom. The monoisotopic (exact) mass is 541 g/mol. The molecule has 34 heavy (non-hydrogen) atoms. The molecule has 0 saturated heterocycles. The molecule has 1 amide bonds. The van der Waals surface area contributed by atoms with E-state index in [1.165, 1.54) is 17.6 Å². The topological polar surface area (TPSA) is 70.6 Å². The zero-order chi connectivity index (χ0) is 23.8.